The van der Waals surface area contributed by atoms with Gasteiger partial charge in [0.1, 0.15) is 18.5 Å². The van der Waals surface area contributed by atoms with E-state index in [-0.39, 0.29) is 25.2 Å². The number of urea groups is 1. The maximum absolute atomic E-state index is 13.0. The first-order chi connectivity index (χ1) is 16.2. The van der Waals surface area contributed by atoms with Gasteiger partial charge in [-0.25, -0.2) is 9.37 Å². The van der Waals surface area contributed by atoms with Crippen LogP contribution in [0.3, 0.4) is 0 Å². The van der Waals surface area contributed by atoms with E-state index in [9.17, 15) is 14.7 Å². The number of nitrogens with one attached hydrogen (secondary N) is 1. The van der Waals surface area contributed by atoms with Crippen LogP contribution in [0.15, 0.2) is 29.3 Å². The number of benzene rings is 1. The summed E-state index contributed by atoms with van der Waals surface area (Å²) in [5, 5.41) is 14.0. The van der Waals surface area contributed by atoms with Crippen molar-refractivity contribution in [1.29, 1.82) is 0 Å². The fourth-order valence-electron chi connectivity index (χ4n) is 3.85. The van der Waals surface area contributed by atoms with Crippen molar-refractivity contribution in [3.8, 4) is 5.75 Å². The zero-order valence-electron chi connectivity index (χ0n) is 20.7. The molecule has 0 saturated carbocycles. The molecule has 0 aromatic heterocycles. The number of ether oxygens (including phenoxy) is 2. The van der Waals surface area contributed by atoms with Crippen molar-refractivity contribution >= 4 is 23.7 Å². The van der Waals surface area contributed by atoms with Crippen molar-refractivity contribution < 1.29 is 28.7 Å². The minimum absolute atomic E-state index is 0.0556. The summed E-state index contributed by atoms with van der Waals surface area (Å²) in [7, 11) is 3.04. The van der Waals surface area contributed by atoms with Crippen molar-refractivity contribution in [3.63, 3.8) is 0 Å². The van der Waals surface area contributed by atoms with Crippen LogP contribution < -0.4 is 10.1 Å². The molecule has 1 fully saturated rings. The number of carbonyl (C=O) groups excluding carboxylic acids is 2. The molecule has 1 aromatic carbocycles. The van der Waals surface area contributed by atoms with Crippen LogP contribution in [0.1, 0.15) is 32.8 Å². The molecule has 0 radical (unpaired) electrons. The number of guanidine groups is 1. The van der Waals surface area contributed by atoms with Crippen LogP contribution >= 0.6 is 0 Å². The third-order valence-electron chi connectivity index (χ3n) is 5.74. The van der Waals surface area contributed by atoms with E-state index in [2.05, 4.69) is 17.2 Å². The van der Waals surface area contributed by atoms with E-state index in [1.165, 1.54) is 11.9 Å². The quantitative estimate of drug-likeness (QED) is 0.367. The predicted molar refractivity (Wildman–Crippen MR) is 128 cm³/mol. The molecule has 0 aliphatic carbocycles. The number of nitrogens with zero attached hydrogens (tertiary/aromatic N) is 4. The van der Waals surface area contributed by atoms with Crippen LogP contribution in [0.5, 0.6) is 5.75 Å². The van der Waals surface area contributed by atoms with Crippen molar-refractivity contribution in [1.82, 2.24) is 15.1 Å². The second kappa shape index (κ2) is 11.4. The summed E-state index contributed by atoms with van der Waals surface area (Å²) < 4.78 is 13.1. The lowest BCUT2D eigenvalue weighted by molar-refractivity contribution is -0.545. The van der Waals surface area contributed by atoms with Gasteiger partial charge >= 0.3 is 12.0 Å². The predicted octanol–water partition coefficient (Wildman–Crippen LogP) is 1.07. The van der Waals surface area contributed by atoms with Gasteiger partial charge < -0.3 is 14.6 Å². The van der Waals surface area contributed by atoms with Crippen LogP contribution in [-0.2, 0) is 16.0 Å². The summed E-state index contributed by atoms with van der Waals surface area (Å²) in [6.07, 6.45) is 0.901. The highest BCUT2D eigenvalue weighted by atomic mass is 16.5. The van der Waals surface area contributed by atoms with E-state index >= 15 is 0 Å². The standard InChI is InChI=1S/C24H35N5O5/c1-6-17-9-7-10-19(13-17)34-15-18(30)14-29-20-21(27(4)24(32)28(5)22(20)31)26-23(29)25-11-8-12-33-16(2)3/h7,9-10,13,16,18,20,30H,6,8,11-12,14-15H2,1-5H3/p+1. The Morgan fingerprint density at radius 3 is 2.71 bits per heavy atom. The molecule has 2 aliphatic rings. The molecule has 10 nitrogen and oxygen atoms in total. The Balaban J connectivity index is 1.72. The molecule has 0 bridgehead atoms. The highest BCUT2D eigenvalue weighted by molar-refractivity contribution is 6.22. The van der Waals surface area contributed by atoms with Gasteiger partial charge in [0.05, 0.1) is 19.2 Å². The van der Waals surface area contributed by atoms with Crippen LogP contribution in [-0.4, -0.2) is 102 Å². The van der Waals surface area contributed by atoms with Crippen LogP contribution in [0.25, 0.3) is 0 Å². The van der Waals surface area contributed by atoms with Crippen molar-refractivity contribution in [2.24, 2.45) is 4.99 Å². The maximum Gasteiger partial charge on any atom is 0.390 e. The molecule has 1 aromatic rings. The first-order valence-corrected chi connectivity index (χ1v) is 11.8. The summed E-state index contributed by atoms with van der Waals surface area (Å²) in [6.45, 7) is 7.35. The van der Waals surface area contributed by atoms with Gasteiger partial charge in [0.15, 0.2) is 0 Å². The Morgan fingerprint density at radius 1 is 1.24 bits per heavy atom. The SMILES string of the molecule is CCc1cccc(OCC(O)C[N+]2=C(NCCCOC(C)C)N=C3C2C(=O)N(C)C(=O)N3C)c1. The molecule has 2 aliphatic heterocycles. The molecule has 2 heterocycles. The zero-order valence-corrected chi connectivity index (χ0v) is 20.7. The van der Waals surface area contributed by atoms with Crippen LogP contribution in [0.2, 0.25) is 0 Å². The largest absolute Gasteiger partial charge is 0.491 e. The highest BCUT2D eigenvalue weighted by Gasteiger charge is 2.51. The van der Waals surface area contributed by atoms with Crippen molar-refractivity contribution in [2.45, 2.75) is 51.9 Å². The number of amides is 3. The Hall–Kier alpha value is -2.98. The molecule has 2 N–H and O–H groups in total. The molecular formula is C24H36N5O5+. The number of aliphatic imine (C=N–C) groups is 1. The van der Waals surface area contributed by atoms with Crippen LogP contribution in [0.4, 0.5) is 4.79 Å². The van der Waals surface area contributed by atoms with E-state index < -0.39 is 18.2 Å². The Kier molecular flexibility index (Phi) is 8.62. The third kappa shape index (κ3) is 5.92. The number of hydrogen-bond acceptors (Lipinski definition) is 7. The van der Waals surface area contributed by atoms with Gasteiger partial charge in [0.2, 0.25) is 11.9 Å². The van der Waals surface area contributed by atoms with Gasteiger partial charge in [-0.3, -0.25) is 19.9 Å². The molecule has 2 atom stereocenters. The van der Waals surface area contributed by atoms with Gasteiger partial charge in [-0.05, 0) is 38.0 Å². The van der Waals surface area contributed by atoms with E-state index in [0.29, 0.717) is 30.7 Å². The lowest BCUT2D eigenvalue weighted by atomic mass is 10.1. The molecule has 3 amide bonds. The zero-order chi connectivity index (χ0) is 24.8. The molecular weight excluding hydrogens is 438 g/mol. The normalized spacial score (nSPS) is 19.0. The second-order valence-electron chi connectivity index (χ2n) is 8.75. The second-order valence-corrected chi connectivity index (χ2v) is 8.75. The number of imide groups is 1. The number of aryl methyl sites for hydroxylation is 1. The first-order valence-electron chi connectivity index (χ1n) is 11.8. The number of amidine groups is 1. The fourth-order valence-corrected chi connectivity index (χ4v) is 3.85. The Labute approximate surface area is 200 Å². The summed E-state index contributed by atoms with van der Waals surface area (Å²) in [6, 6.07) is 6.51. The van der Waals surface area contributed by atoms with Gasteiger partial charge in [0.25, 0.3) is 5.91 Å². The number of aliphatic hydroxyl groups is 1. The summed E-state index contributed by atoms with van der Waals surface area (Å²) in [5.41, 5.74) is 1.15. The molecule has 2 unspecified atom stereocenters. The molecule has 10 heteroatoms. The Morgan fingerprint density at radius 2 is 2.00 bits per heavy atom. The summed E-state index contributed by atoms with van der Waals surface area (Å²) >= 11 is 0. The molecule has 0 spiro atoms. The molecule has 1 saturated heterocycles. The molecule has 3 rings (SSSR count). The maximum atomic E-state index is 13.0. The van der Waals surface area contributed by atoms with E-state index in [1.54, 1.807) is 11.6 Å². The van der Waals surface area contributed by atoms with Crippen LogP contribution in [0, 0.1) is 0 Å². The fraction of sp³-hybridized carbons (Fsp3) is 0.583. The van der Waals surface area contributed by atoms with E-state index in [0.717, 1.165) is 23.3 Å². The number of carbonyl (C=O) groups is 2. The first kappa shape index (κ1) is 25.6. The van der Waals surface area contributed by atoms with Gasteiger partial charge in [-0.15, -0.1) is 0 Å². The lowest BCUT2D eigenvalue weighted by Gasteiger charge is -2.32. The van der Waals surface area contributed by atoms with Gasteiger partial charge in [-0.2, -0.15) is 0 Å². The third-order valence-corrected chi connectivity index (χ3v) is 5.74. The lowest BCUT2D eigenvalue weighted by Crippen LogP contribution is -2.62. The Bertz CT molecular complexity index is 961. The van der Waals surface area contributed by atoms with E-state index in [4.69, 9.17) is 9.47 Å². The summed E-state index contributed by atoms with van der Waals surface area (Å²) in [5.74, 6) is 1.09. The van der Waals surface area contributed by atoms with Gasteiger partial charge in [-0.1, -0.05) is 24.0 Å². The number of fused-ring (bicyclic) bond motifs is 1. The number of β-amino-alcohol motifs (C(OH)–C–C–N with tert-alkyl or cyclic N) is 1. The highest BCUT2D eigenvalue weighted by Crippen LogP contribution is 2.19. The van der Waals surface area contributed by atoms with E-state index in [1.807, 2.05) is 38.1 Å². The number of hydrogen-bond donors (Lipinski definition) is 2. The summed E-state index contributed by atoms with van der Waals surface area (Å²) in [4.78, 5) is 32.4. The minimum atomic E-state index is -0.887. The molecule has 186 valence electrons. The average Bonchev–Trinajstić information content (AvgIpc) is 3.17. The molecule has 34 heavy (non-hydrogen) atoms. The average molecular weight is 475 g/mol. The topological polar surface area (TPSA) is 107 Å². The minimum Gasteiger partial charge on any atom is -0.491 e. The van der Waals surface area contributed by atoms with Gasteiger partial charge in [0, 0.05) is 27.1 Å². The smallest absolute Gasteiger partial charge is 0.390 e. The monoisotopic (exact) mass is 474 g/mol. The number of likely N-dealkylation sites (N-methyl/N-ethyl adjacent to an activating group) is 2. The van der Waals surface area contributed by atoms with Crippen molar-refractivity contribution in [3.05, 3.63) is 29.8 Å². The number of aliphatic hydroxyl groups excluding tert-OH is 1. The van der Waals surface area contributed by atoms with Crippen molar-refractivity contribution in [2.75, 3.05) is 40.4 Å². The number of rotatable bonds is 11.